The van der Waals surface area contributed by atoms with Gasteiger partial charge in [0.1, 0.15) is 0 Å². The van der Waals surface area contributed by atoms with Gasteiger partial charge in [-0.1, -0.05) is 34.8 Å². The maximum atomic E-state index is 10.5. The second-order valence-electron chi connectivity index (χ2n) is 3.34. The van der Waals surface area contributed by atoms with Crippen molar-refractivity contribution in [3.05, 3.63) is 51.1 Å². The molecular weight excluding hydrogens is 280 g/mol. The summed E-state index contributed by atoms with van der Waals surface area (Å²) in [6.45, 7) is 0. The van der Waals surface area contributed by atoms with Crippen LogP contribution in [0.15, 0.2) is 30.5 Å². The lowest BCUT2D eigenvalue weighted by molar-refractivity contribution is 0.112. The number of nitrogens with zero attached hydrogens (tertiary/aromatic N) is 1. The van der Waals surface area contributed by atoms with Gasteiger partial charge in [0, 0.05) is 22.3 Å². The average molecular weight is 287 g/mol. The van der Waals surface area contributed by atoms with Gasteiger partial charge in [0.2, 0.25) is 0 Å². The Bertz CT molecular complexity index is 543. The molecule has 86 valence electrons. The van der Waals surface area contributed by atoms with Gasteiger partial charge >= 0.3 is 0 Å². The second kappa shape index (κ2) is 5.05. The number of hydrogen-bond acceptors (Lipinski definition) is 2. The minimum atomic E-state index is 0.425. The maximum Gasteiger partial charge on any atom is 0.151 e. The van der Waals surface area contributed by atoms with Crippen molar-refractivity contribution in [1.82, 2.24) is 4.98 Å². The van der Waals surface area contributed by atoms with Crippen LogP contribution in [0.1, 0.15) is 10.4 Å². The van der Waals surface area contributed by atoms with E-state index in [9.17, 15) is 4.79 Å². The minimum Gasteiger partial charge on any atom is -0.298 e. The fraction of sp³-hybridized carbons (Fsp3) is 0. The first kappa shape index (κ1) is 12.4. The number of carbonyl (C=O) groups excluding carboxylic acids is 1. The number of pyridine rings is 1. The van der Waals surface area contributed by atoms with Crippen LogP contribution in [0.25, 0.3) is 11.3 Å². The third kappa shape index (κ3) is 2.60. The third-order valence-corrected chi connectivity index (χ3v) is 3.00. The van der Waals surface area contributed by atoms with Gasteiger partial charge in [-0.25, -0.2) is 0 Å². The monoisotopic (exact) mass is 285 g/mol. The van der Waals surface area contributed by atoms with Gasteiger partial charge in [-0.05, 0) is 24.3 Å². The maximum absolute atomic E-state index is 10.5. The zero-order valence-corrected chi connectivity index (χ0v) is 10.7. The Morgan fingerprint density at radius 3 is 2.18 bits per heavy atom. The van der Waals surface area contributed by atoms with Gasteiger partial charge in [0.05, 0.1) is 15.7 Å². The van der Waals surface area contributed by atoms with E-state index in [0.717, 1.165) is 6.29 Å². The molecule has 2 nitrogen and oxygen atoms in total. The van der Waals surface area contributed by atoms with Crippen molar-refractivity contribution in [3.8, 4) is 11.3 Å². The van der Waals surface area contributed by atoms with Crippen LogP contribution >= 0.6 is 34.8 Å². The number of halogens is 3. The van der Waals surface area contributed by atoms with E-state index in [-0.39, 0.29) is 0 Å². The molecule has 2 aromatic rings. The molecule has 0 saturated carbocycles. The van der Waals surface area contributed by atoms with E-state index >= 15 is 0 Å². The molecule has 1 heterocycles. The van der Waals surface area contributed by atoms with E-state index in [0.29, 0.717) is 31.9 Å². The van der Waals surface area contributed by atoms with E-state index in [1.165, 1.54) is 6.20 Å². The Morgan fingerprint density at radius 1 is 1.06 bits per heavy atom. The molecule has 2 rings (SSSR count). The standard InChI is InChI=1S/C12H6Cl3NO/c13-8-3-9(14)12(10(15)4-8)11-2-1-7(6-17)5-16-11/h1-6H. The molecule has 17 heavy (non-hydrogen) atoms. The molecule has 0 unspecified atom stereocenters. The van der Waals surface area contributed by atoms with Gasteiger partial charge in [0.25, 0.3) is 0 Å². The summed E-state index contributed by atoms with van der Waals surface area (Å²) >= 11 is 18.0. The van der Waals surface area contributed by atoms with E-state index in [4.69, 9.17) is 34.8 Å². The Hall–Kier alpha value is -1.09. The number of aromatic nitrogens is 1. The Balaban J connectivity index is 2.56. The van der Waals surface area contributed by atoms with Crippen LogP contribution in [0.4, 0.5) is 0 Å². The first-order chi connectivity index (χ1) is 8.11. The Labute approximate surface area is 113 Å². The fourth-order valence-electron chi connectivity index (χ4n) is 1.41. The lowest BCUT2D eigenvalue weighted by Crippen LogP contribution is -1.88. The minimum absolute atomic E-state index is 0.425. The topological polar surface area (TPSA) is 30.0 Å². The second-order valence-corrected chi connectivity index (χ2v) is 4.59. The van der Waals surface area contributed by atoms with Gasteiger partial charge in [0.15, 0.2) is 6.29 Å². The smallest absolute Gasteiger partial charge is 0.151 e. The summed E-state index contributed by atoms with van der Waals surface area (Å²) in [6, 6.07) is 6.53. The zero-order chi connectivity index (χ0) is 12.4. The van der Waals surface area contributed by atoms with Crippen LogP contribution in [0, 0.1) is 0 Å². The molecular formula is C12H6Cl3NO. The van der Waals surface area contributed by atoms with Crippen LogP contribution in [0.5, 0.6) is 0 Å². The normalized spacial score (nSPS) is 10.3. The molecule has 0 saturated heterocycles. The molecule has 1 aromatic heterocycles. The Morgan fingerprint density at radius 2 is 1.71 bits per heavy atom. The summed E-state index contributed by atoms with van der Waals surface area (Å²) in [4.78, 5) is 14.7. The number of benzene rings is 1. The van der Waals surface area contributed by atoms with Crippen LogP contribution in [-0.2, 0) is 0 Å². The molecule has 5 heteroatoms. The lowest BCUT2D eigenvalue weighted by Gasteiger charge is -2.07. The highest BCUT2D eigenvalue weighted by Gasteiger charge is 2.11. The predicted molar refractivity (Wildman–Crippen MR) is 70.1 cm³/mol. The molecule has 0 spiro atoms. The van der Waals surface area contributed by atoms with Crippen LogP contribution < -0.4 is 0 Å². The molecule has 0 aliphatic rings. The highest BCUT2D eigenvalue weighted by atomic mass is 35.5. The summed E-state index contributed by atoms with van der Waals surface area (Å²) in [7, 11) is 0. The molecule has 0 radical (unpaired) electrons. The van der Waals surface area contributed by atoms with E-state index in [1.807, 2.05) is 0 Å². The SMILES string of the molecule is O=Cc1ccc(-c2c(Cl)cc(Cl)cc2Cl)nc1. The highest BCUT2D eigenvalue weighted by Crippen LogP contribution is 2.36. The van der Waals surface area contributed by atoms with Gasteiger partial charge in [-0.2, -0.15) is 0 Å². The van der Waals surface area contributed by atoms with Gasteiger partial charge in [-0.15, -0.1) is 0 Å². The number of carbonyl (C=O) groups is 1. The van der Waals surface area contributed by atoms with Crippen molar-refractivity contribution in [2.24, 2.45) is 0 Å². The fourth-order valence-corrected chi connectivity index (χ4v) is 2.42. The zero-order valence-electron chi connectivity index (χ0n) is 8.45. The summed E-state index contributed by atoms with van der Waals surface area (Å²) in [6.07, 6.45) is 2.19. The van der Waals surface area contributed by atoms with E-state index < -0.39 is 0 Å². The van der Waals surface area contributed by atoms with Crippen LogP contribution in [-0.4, -0.2) is 11.3 Å². The number of rotatable bonds is 2. The van der Waals surface area contributed by atoms with E-state index in [1.54, 1.807) is 24.3 Å². The van der Waals surface area contributed by atoms with Crippen molar-refractivity contribution in [2.75, 3.05) is 0 Å². The largest absolute Gasteiger partial charge is 0.298 e. The molecule has 0 amide bonds. The molecule has 0 fully saturated rings. The van der Waals surface area contributed by atoms with Gasteiger partial charge < -0.3 is 0 Å². The average Bonchev–Trinajstić information content (AvgIpc) is 2.28. The molecule has 0 atom stereocenters. The van der Waals surface area contributed by atoms with Crippen LogP contribution in [0.3, 0.4) is 0 Å². The molecule has 0 N–H and O–H groups in total. The summed E-state index contributed by atoms with van der Waals surface area (Å²) < 4.78 is 0. The predicted octanol–water partition coefficient (Wildman–Crippen LogP) is 4.52. The molecule has 0 bridgehead atoms. The number of aldehydes is 1. The quantitative estimate of drug-likeness (QED) is 0.760. The van der Waals surface area contributed by atoms with E-state index in [2.05, 4.69) is 4.98 Å². The van der Waals surface area contributed by atoms with Crippen LogP contribution in [0.2, 0.25) is 15.1 Å². The molecule has 0 aliphatic carbocycles. The van der Waals surface area contributed by atoms with Crippen molar-refractivity contribution in [1.29, 1.82) is 0 Å². The molecule has 1 aromatic carbocycles. The number of hydrogen-bond donors (Lipinski definition) is 0. The molecule has 0 aliphatic heterocycles. The summed E-state index contributed by atoms with van der Waals surface area (Å²) in [5.74, 6) is 0. The summed E-state index contributed by atoms with van der Waals surface area (Å²) in [5, 5.41) is 1.32. The first-order valence-electron chi connectivity index (χ1n) is 4.68. The van der Waals surface area contributed by atoms with Crippen molar-refractivity contribution < 1.29 is 4.79 Å². The third-order valence-electron chi connectivity index (χ3n) is 2.19. The van der Waals surface area contributed by atoms with Crippen molar-refractivity contribution in [3.63, 3.8) is 0 Å². The highest BCUT2D eigenvalue weighted by molar-refractivity contribution is 6.41. The Kier molecular flexibility index (Phi) is 3.67. The van der Waals surface area contributed by atoms with Gasteiger partial charge in [-0.3, -0.25) is 9.78 Å². The van der Waals surface area contributed by atoms with Crippen molar-refractivity contribution >= 4 is 41.1 Å². The van der Waals surface area contributed by atoms with Crippen molar-refractivity contribution in [2.45, 2.75) is 0 Å². The lowest BCUT2D eigenvalue weighted by atomic mass is 10.1. The summed E-state index contributed by atoms with van der Waals surface area (Å²) in [5.41, 5.74) is 1.70. The first-order valence-corrected chi connectivity index (χ1v) is 5.81.